The number of benzene rings is 3. The molecule has 3 aromatic rings. The Bertz CT molecular complexity index is 1220. The van der Waals surface area contributed by atoms with Crippen LogP contribution in [-0.2, 0) is 20.3 Å². The number of sulfone groups is 1. The van der Waals surface area contributed by atoms with Gasteiger partial charge in [0.25, 0.3) is 5.91 Å². The molecular weight excluding hydrogens is 448 g/mol. The third-order valence-electron chi connectivity index (χ3n) is 6.02. The van der Waals surface area contributed by atoms with Crippen molar-refractivity contribution in [2.75, 3.05) is 32.8 Å². The third-order valence-corrected chi connectivity index (χ3v) is 7.72. The van der Waals surface area contributed by atoms with Gasteiger partial charge in [-0.25, -0.2) is 8.42 Å². The van der Waals surface area contributed by atoms with Gasteiger partial charge in [-0.05, 0) is 42.3 Å². The molecule has 1 fully saturated rings. The molecule has 6 nitrogen and oxygen atoms in total. The molecule has 0 radical (unpaired) electrons. The predicted octanol–water partition coefficient (Wildman–Crippen LogP) is 3.77. The van der Waals surface area contributed by atoms with E-state index in [1.54, 1.807) is 54.6 Å². The van der Waals surface area contributed by atoms with Crippen LogP contribution in [0.1, 0.15) is 33.1 Å². The highest BCUT2D eigenvalue weighted by atomic mass is 32.2. The van der Waals surface area contributed by atoms with Crippen molar-refractivity contribution in [2.45, 2.75) is 23.6 Å². The lowest BCUT2D eigenvalue weighted by atomic mass is 10.0. The van der Waals surface area contributed by atoms with Crippen molar-refractivity contribution >= 4 is 15.7 Å². The number of carbonyl (C=O) groups excluding carboxylic acids is 1. The van der Waals surface area contributed by atoms with Crippen LogP contribution in [-0.4, -0.2) is 52.1 Å². The van der Waals surface area contributed by atoms with E-state index in [4.69, 9.17) is 4.74 Å². The van der Waals surface area contributed by atoms with Crippen LogP contribution >= 0.6 is 0 Å². The molecule has 7 heteroatoms. The Hall–Kier alpha value is -3.00. The zero-order valence-electron chi connectivity index (χ0n) is 19.3. The summed E-state index contributed by atoms with van der Waals surface area (Å²) in [5.41, 5.74) is 3.37. The Labute approximate surface area is 201 Å². The monoisotopic (exact) mass is 478 g/mol. The summed E-state index contributed by atoms with van der Waals surface area (Å²) in [5.74, 6) is -0.373. The third kappa shape index (κ3) is 6.11. The van der Waals surface area contributed by atoms with Crippen molar-refractivity contribution in [3.63, 3.8) is 0 Å². The second kappa shape index (κ2) is 11.0. The van der Waals surface area contributed by atoms with Gasteiger partial charge in [0.15, 0.2) is 9.84 Å². The van der Waals surface area contributed by atoms with Gasteiger partial charge in [0.1, 0.15) is 0 Å². The van der Waals surface area contributed by atoms with Crippen LogP contribution in [0, 0.1) is 6.92 Å². The quantitative estimate of drug-likeness (QED) is 0.533. The smallest absolute Gasteiger partial charge is 0.251 e. The highest BCUT2D eigenvalue weighted by Gasteiger charge is 2.24. The van der Waals surface area contributed by atoms with E-state index in [0.717, 1.165) is 18.7 Å². The minimum absolute atomic E-state index is 0.0365. The second-order valence-electron chi connectivity index (χ2n) is 8.56. The summed E-state index contributed by atoms with van der Waals surface area (Å²) in [4.78, 5) is 15.6. The van der Waals surface area contributed by atoms with Crippen molar-refractivity contribution < 1.29 is 17.9 Å². The second-order valence-corrected chi connectivity index (χ2v) is 10.6. The van der Waals surface area contributed by atoms with Gasteiger partial charge in [0, 0.05) is 25.2 Å². The lowest BCUT2D eigenvalue weighted by molar-refractivity contribution is 0.0162. The number of nitrogens with one attached hydrogen (secondary N) is 1. The minimum Gasteiger partial charge on any atom is -0.379 e. The molecule has 1 aliphatic rings. The van der Waals surface area contributed by atoms with E-state index in [1.807, 2.05) is 6.07 Å². The van der Waals surface area contributed by atoms with E-state index >= 15 is 0 Å². The van der Waals surface area contributed by atoms with Crippen molar-refractivity contribution in [3.05, 3.63) is 101 Å². The summed E-state index contributed by atoms with van der Waals surface area (Å²) in [6.45, 7) is 5.48. The molecule has 1 N–H and O–H groups in total. The topological polar surface area (TPSA) is 75.7 Å². The molecule has 0 aliphatic carbocycles. The number of amides is 1. The summed E-state index contributed by atoms with van der Waals surface area (Å²) >= 11 is 0. The highest BCUT2D eigenvalue weighted by Crippen LogP contribution is 2.23. The van der Waals surface area contributed by atoms with E-state index in [0.29, 0.717) is 30.9 Å². The fourth-order valence-electron chi connectivity index (χ4n) is 4.25. The summed E-state index contributed by atoms with van der Waals surface area (Å²) in [6, 6.07) is 23.6. The Kier molecular flexibility index (Phi) is 7.77. The molecule has 1 aliphatic heterocycles. The highest BCUT2D eigenvalue weighted by molar-refractivity contribution is 7.90. The molecule has 1 heterocycles. The molecular formula is C27H30N2O4S. The first-order chi connectivity index (χ1) is 16.4. The van der Waals surface area contributed by atoms with Crippen LogP contribution < -0.4 is 5.32 Å². The fourth-order valence-corrected chi connectivity index (χ4v) is 5.61. The van der Waals surface area contributed by atoms with Crippen molar-refractivity contribution in [1.82, 2.24) is 10.2 Å². The Balaban J connectivity index is 1.47. The van der Waals surface area contributed by atoms with Crippen molar-refractivity contribution in [2.24, 2.45) is 0 Å². The van der Waals surface area contributed by atoms with Gasteiger partial charge in [0.05, 0.1) is 29.9 Å². The molecule has 178 valence electrons. The van der Waals surface area contributed by atoms with E-state index in [1.165, 1.54) is 5.56 Å². The zero-order chi connectivity index (χ0) is 24.0. The van der Waals surface area contributed by atoms with Crippen LogP contribution in [0.25, 0.3) is 0 Å². The zero-order valence-corrected chi connectivity index (χ0v) is 20.1. The standard InChI is InChI=1S/C27H30N2O4S/c1-21-7-5-9-23(17-21)26(29-13-15-33-16-14-29)19-28-27(30)24-10-6-8-22(18-24)20-34(31,32)25-11-3-2-4-12-25/h2-12,17-18,26H,13-16,19-20H2,1H3,(H,28,30). The number of aryl methyl sites for hydroxylation is 1. The lowest BCUT2D eigenvalue weighted by Gasteiger charge is -2.35. The summed E-state index contributed by atoms with van der Waals surface area (Å²) in [5, 5.41) is 3.07. The largest absolute Gasteiger partial charge is 0.379 e. The van der Waals surface area contributed by atoms with Crippen molar-refractivity contribution in [3.8, 4) is 0 Å². The predicted molar refractivity (Wildman–Crippen MR) is 132 cm³/mol. The molecule has 1 atom stereocenters. The number of hydrogen-bond donors (Lipinski definition) is 1. The van der Waals surface area contributed by atoms with Gasteiger partial charge in [-0.1, -0.05) is 60.2 Å². The SMILES string of the molecule is Cc1cccc(C(CNC(=O)c2cccc(CS(=O)(=O)c3ccccc3)c2)N2CCOCC2)c1. The van der Waals surface area contributed by atoms with Gasteiger partial charge in [-0.3, -0.25) is 9.69 Å². The van der Waals surface area contributed by atoms with E-state index < -0.39 is 9.84 Å². The first-order valence-electron chi connectivity index (χ1n) is 11.5. The maximum Gasteiger partial charge on any atom is 0.251 e. The van der Waals surface area contributed by atoms with Gasteiger partial charge >= 0.3 is 0 Å². The summed E-state index contributed by atoms with van der Waals surface area (Å²) in [6.07, 6.45) is 0. The minimum atomic E-state index is -3.49. The normalized spacial score (nSPS) is 15.6. The molecule has 1 saturated heterocycles. The van der Waals surface area contributed by atoms with Gasteiger partial charge in [0.2, 0.25) is 0 Å². The maximum atomic E-state index is 13.0. The summed E-state index contributed by atoms with van der Waals surface area (Å²) < 4.78 is 31.0. The number of morpholine rings is 1. The molecule has 0 aromatic heterocycles. The molecule has 4 rings (SSSR count). The van der Waals surface area contributed by atoms with Crippen LogP contribution in [0.15, 0.2) is 83.8 Å². The molecule has 0 spiro atoms. The van der Waals surface area contributed by atoms with Gasteiger partial charge in [-0.2, -0.15) is 0 Å². The Morgan fingerprint density at radius 1 is 0.971 bits per heavy atom. The number of rotatable bonds is 8. The van der Waals surface area contributed by atoms with E-state index in [-0.39, 0.29) is 22.6 Å². The molecule has 1 amide bonds. The van der Waals surface area contributed by atoms with E-state index in [9.17, 15) is 13.2 Å². The number of ether oxygens (including phenoxy) is 1. The van der Waals surface area contributed by atoms with Crippen LogP contribution in [0.4, 0.5) is 0 Å². The first-order valence-corrected chi connectivity index (χ1v) is 13.1. The van der Waals surface area contributed by atoms with Crippen LogP contribution in [0.3, 0.4) is 0 Å². The van der Waals surface area contributed by atoms with Gasteiger partial charge < -0.3 is 10.1 Å². The molecule has 3 aromatic carbocycles. The first kappa shape index (κ1) is 24.1. The number of nitrogens with zero attached hydrogens (tertiary/aromatic N) is 1. The molecule has 34 heavy (non-hydrogen) atoms. The Morgan fingerprint density at radius 3 is 2.44 bits per heavy atom. The average molecular weight is 479 g/mol. The van der Waals surface area contributed by atoms with Crippen molar-refractivity contribution in [1.29, 1.82) is 0 Å². The van der Waals surface area contributed by atoms with Gasteiger partial charge in [-0.15, -0.1) is 0 Å². The molecule has 0 saturated carbocycles. The maximum absolute atomic E-state index is 13.0. The van der Waals surface area contributed by atoms with E-state index in [2.05, 4.69) is 35.3 Å². The fraction of sp³-hybridized carbons (Fsp3) is 0.296. The van der Waals surface area contributed by atoms with Crippen LogP contribution in [0.5, 0.6) is 0 Å². The molecule has 1 unspecified atom stereocenters. The summed E-state index contributed by atoms with van der Waals surface area (Å²) in [7, 11) is -3.49. The average Bonchev–Trinajstić information content (AvgIpc) is 2.85. The Morgan fingerprint density at radius 2 is 1.71 bits per heavy atom. The lowest BCUT2D eigenvalue weighted by Crippen LogP contribution is -2.43. The van der Waals surface area contributed by atoms with Crippen LogP contribution in [0.2, 0.25) is 0 Å². The number of hydrogen-bond acceptors (Lipinski definition) is 5. The number of carbonyl (C=O) groups is 1. The molecule has 0 bridgehead atoms.